The van der Waals surface area contributed by atoms with Crippen molar-refractivity contribution < 1.29 is 19.7 Å². The van der Waals surface area contributed by atoms with E-state index in [1.54, 1.807) is 24.6 Å². The van der Waals surface area contributed by atoms with Crippen molar-refractivity contribution in [2.24, 2.45) is 5.41 Å². The van der Waals surface area contributed by atoms with E-state index in [2.05, 4.69) is 27.4 Å². The smallest absolute Gasteiger partial charge is 0.303 e. The maximum Gasteiger partial charge on any atom is 0.303 e. The third kappa shape index (κ3) is 6.96. The van der Waals surface area contributed by atoms with Gasteiger partial charge in [0.25, 0.3) is 0 Å². The Balaban J connectivity index is 1.45. The number of carboxylic acid groups (broad SMARTS) is 1. The SMILES string of the molecule is COc1ccc2ncc(N(C)C)c(C(O)CCC3(CC(=O)O)CCN(CCSc4cccs4)CC3)c2c1. The Morgan fingerprint density at radius 3 is 2.73 bits per heavy atom. The number of ether oxygens (including phenoxy) is 1. The van der Waals surface area contributed by atoms with Crippen LogP contribution in [0.2, 0.25) is 0 Å². The molecule has 1 aromatic carbocycles. The lowest BCUT2D eigenvalue weighted by atomic mass is 9.71. The molecule has 3 heterocycles. The fraction of sp³-hybridized carbons (Fsp3) is 0.500. The van der Waals surface area contributed by atoms with Gasteiger partial charge in [0, 0.05) is 37.3 Å². The quantitative estimate of drug-likeness (QED) is 0.288. The van der Waals surface area contributed by atoms with Crippen molar-refractivity contribution in [1.29, 1.82) is 0 Å². The molecule has 37 heavy (non-hydrogen) atoms. The number of fused-ring (bicyclic) bond motifs is 1. The van der Waals surface area contributed by atoms with Gasteiger partial charge in [-0.1, -0.05) is 6.07 Å². The second kappa shape index (κ2) is 12.5. The summed E-state index contributed by atoms with van der Waals surface area (Å²) in [5, 5.41) is 24.2. The lowest BCUT2D eigenvalue weighted by Crippen LogP contribution is -2.42. The Kier molecular flexibility index (Phi) is 9.34. The predicted octanol–water partition coefficient (Wildman–Crippen LogP) is 5.53. The summed E-state index contributed by atoms with van der Waals surface area (Å²) in [6, 6.07) is 9.93. The van der Waals surface area contributed by atoms with Crippen LogP contribution in [0.5, 0.6) is 5.75 Å². The molecule has 1 aliphatic rings. The molecule has 1 unspecified atom stereocenters. The van der Waals surface area contributed by atoms with Crippen LogP contribution in [0.1, 0.15) is 43.8 Å². The first-order valence-electron chi connectivity index (χ1n) is 12.7. The number of methoxy groups -OCH3 is 1. The van der Waals surface area contributed by atoms with E-state index in [1.165, 1.54) is 4.21 Å². The molecule has 0 radical (unpaired) electrons. The van der Waals surface area contributed by atoms with Crippen LogP contribution in [-0.4, -0.2) is 72.7 Å². The van der Waals surface area contributed by atoms with Crippen LogP contribution >= 0.6 is 23.1 Å². The van der Waals surface area contributed by atoms with E-state index in [1.807, 2.05) is 49.0 Å². The summed E-state index contributed by atoms with van der Waals surface area (Å²) < 4.78 is 6.77. The Hall–Kier alpha value is -2.33. The van der Waals surface area contributed by atoms with Crippen LogP contribution in [0, 0.1) is 5.41 Å². The van der Waals surface area contributed by atoms with Crippen LogP contribution in [-0.2, 0) is 4.79 Å². The number of hydrogen-bond donors (Lipinski definition) is 2. The van der Waals surface area contributed by atoms with E-state index in [-0.39, 0.29) is 11.8 Å². The Bertz CT molecular complexity index is 1180. The molecule has 0 bridgehead atoms. The first-order chi connectivity index (χ1) is 17.8. The van der Waals surface area contributed by atoms with Gasteiger partial charge in [-0.05, 0) is 73.8 Å². The number of carboxylic acids is 1. The molecule has 7 nitrogen and oxygen atoms in total. The first-order valence-corrected chi connectivity index (χ1v) is 14.6. The minimum atomic E-state index is -0.760. The van der Waals surface area contributed by atoms with Crippen molar-refractivity contribution in [3.05, 3.63) is 47.5 Å². The molecular formula is C28H37N3O4S2. The summed E-state index contributed by atoms with van der Waals surface area (Å²) >= 11 is 3.65. The van der Waals surface area contributed by atoms with E-state index in [4.69, 9.17) is 4.74 Å². The first kappa shape index (κ1) is 27.7. The van der Waals surface area contributed by atoms with Crippen LogP contribution < -0.4 is 9.64 Å². The lowest BCUT2D eigenvalue weighted by Gasteiger charge is -2.41. The normalized spacial score (nSPS) is 16.5. The van der Waals surface area contributed by atoms with Crippen molar-refractivity contribution in [2.75, 3.05) is 51.5 Å². The number of thiophene rings is 1. The summed E-state index contributed by atoms with van der Waals surface area (Å²) in [4.78, 5) is 20.8. The van der Waals surface area contributed by atoms with Gasteiger partial charge in [-0.3, -0.25) is 9.78 Å². The molecule has 0 spiro atoms. The molecule has 1 saturated heterocycles. The molecule has 2 aromatic heterocycles. The number of thioether (sulfide) groups is 1. The number of pyridine rings is 1. The summed E-state index contributed by atoms with van der Waals surface area (Å²) in [6.07, 6.45) is 4.04. The summed E-state index contributed by atoms with van der Waals surface area (Å²) in [5.41, 5.74) is 2.18. The van der Waals surface area contributed by atoms with Gasteiger partial charge in [-0.2, -0.15) is 0 Å². The summed E-state index contributed by atoms with van der Waals surface area (Å²) in [7, 11) is 5.51. The van der Waals surface area contributed by atoms with Gasteiger partial charge >= 0.3 is 5.97 Å². The molecular weight excluding hydrogens is 506 g/mol. The number of aliphatic hydroxyl groups is 1. The number of carbonyl (C=O) groups is 1. The van der Waals surface area contributed by atoms with Crippen LogP contribution in [0.15, 0.2) is 46.1 Å². The molecule has 3 aromatic rings. The number of aromatic nitrogens is 1. The maximum absolute atomic E-state index is 11.9. The van der Waals surface area contributed by atoms with Gasteiger partial charge in [0.05, 0.1) is 41.2 Å². The third-order valence-corrected chi connectivity index (χ3v) is 9.56. The second-order valence-electron chi connectivity index (χ2n) is 10.1. The molecule has 200 valence electrons. The third-order valence-electron chi connectivity index (χ3n) is 7.45. The van der Waals surface area contributed by atoms with Crippen molar-refractivity contribution in [2.45, 2.75) is 42.4 Å². The zero-order chi connectivity index (χ0) is 26.4. The average molecular weight is 544 g/mol. The molecule has 1 aliphatic heterocycles. The van der Waals surface area contributed by atoms with Crippen molar-refractivity contribution in [3.8, 4) is 5.75 Å². The Morgan fingerprint density at radius 1 is 1.30 bits per heavy atom. The number of likely N-dealkylation sites (tertiary alicyclic amines) is 1. The molecule has 9 heteroatoms. The van der Waals surface area contributed by atoms with Crippen molar-refractivity contribution in [1.82, 2.24) is 9.88 Å². The minimum absolute atomic E-state index is 0.142. The highest BCUT2D eigenvalue weighted by atomic mass is 32.2. The van der Waals surface area contributed by atoms with E-state index >= 15 is 0 Å². The number of aliphatic hydroxyl groups excluding tert-OH is 1. The van der Waals surface area contributed by atoms with Gasteiger partial charge in [-0.25, -0.2) is 0 Å². The number of nitrogens with zero attached hydrogens (tertiary/aromatic N) is 3. The topological polar surface area (TPSA) is 86.1 Å². The number of anilines is 1. The summed E-state index contributed by atoms with van der Waals surface area (Å²) in [6.45, 7) is 2.80. The summed E-state index contributed by atoms with van der Waals surface area (Å²) in [5.74, 6) is 0.992. The van der Waals surface area contributed by atoms with Gasteiger partial charge in [-0.15, -0.1) is 23.1 Å². The Labute approximate surface area is 227 Å². The fourth-order valence-corrected chi connectivity index (χ4v) is 7.17. The zero-order valence-corrected chi connectivity index (χ0v) is 23.5. The fourth-order valence-electron chi connectivity index (χ4n) is 5.31. The molecule has 4 rings (SSSR count). The largest absolute Gasteiger partial charge is 0.497 e. The number of rotatable bonds is 12. The minimum Gasteiger partial charge on any atom is -0.497 e. The zero-order valence-electron chi connectivity index (χ0n) is 21.9. The average Bonchev–Trinajstić information content (AvgIpc) is 3.40. The maximum atomic E-state index is 11.9. The van der Waals surface area contributed by atoms with E-state index < -0.39 is 12.1 Å². The predicted molar refractivity (Wildman–Crippen MR) is 152 cm³/mol. The number of aliphatic carboxylic acids is 1. The van der Waals surface area contributed by atoms with Crippen molar-refractivity contribution >= 4 is 45.7 Å². The monoisotopic (exact) mass is 543 g/mol. The molecule has 0 saturated carbocycles. The van der Waals surface area contributed by atoms with Gasteiger partial charge in [0.1, 0.15) is 5.75 Å². The van der Waals surface area contributed by atoms with Crippen LogP contribution in [0.25, 0.3) is 10.9 Å². The standard InChI is InChI=1S/C28H37N3O4S2/c1-30(2)23-19-29-22-7-6-20(35-3)17-21(22)27(23)24(32)8-9-28(18-25(33)34)10-12-31(13-11-28)14-16-37-26-5-4-15-36-26/h4-7,15,17,19,24,32H,8-14,16,18H2,1-3H3,(H,33,34). The molecule has 0 aliphatic carbocycles. The number of piperidine rings is 1. The van der Waals surface area contributed by atoms with E-state index in [0.717, 1.165) is 60.4 Å². The highest BCUT2D eigenvalue weighted by molar-refractivity contribution is 8.01. The van der Waals surface area contributed by atoms with Gasteiger partial charge in [0.2, 0.25) is 0 Å². The van der Waals surface area contributed by atoms with E-state index in [0.29, 0.717) is 18.6 Å². The molecule has 2 N–H and O–H groups in total. The highest BCUT2D eigenvalue weighted by Gasteiger charge is 2.37. The Morgan fingerprint density at radius 2 is 2.08 bits per heavy atom. The molecule has 1 fully saturated rings. The van der Waals surface area contributed by atoms with Crippen LogP contribution in [0.3, 0.4) is 0 Å². The molecule has 1 atom stereocenters. The highest BCUT2D eigenvalue weighted by Crippen LogP contribution is 2.43. The molecule has 0 amide bonds. The van der Waals surface area contributed by atoms with Crippen molar-refractivity contribution in [3.63, 3.8) is 0 Å². The number of hydrogen-bond acceptors (Lipinski definition) is 8. The number of benzene rings is 1. The van der Waals surface area contributed by atoms with Gasteiger partial charge < -0.3 is 24.7 Å². The second-order valence-corrected chi connectivity index (χ2v) is 12.4. The van der Waals surface area contributed by atoms with Gasteiger partial charge in [0.15, 0.2) is 0 Å². The van der Waals surface area contributed by atoms with Crippen LogP contribution in [0.4, 0.5) is 5.69 Å². The lowest BCUT2D eigenvalue weighted by molar-refractivity contribution is -0.141. The van der Waals surface area contributed by atoms with E-state index in [9.17, 15) is 15.0 Å².